The number of ether oxygens (including phenoxy) is 1. The molecule has 0 radical (unpaired) electrons. The Morgan fingerprint density at radius 2 is 2.16 bits per heavy atom. The van der Waals surface area contributed by atoms with Crippen molar-refractivity contribution in [3.8, 4) is 27.5 Å². The third kappa shape index (κ3) is 2.08. The lowest BCUT2D eigenvalue weighted by Gasteiger charge is -2.03. The molecule has 0 unspecified atom stereocenters. The Labute approximate surface area is 114 Å². The van der Waals surface area contributed by atoms with E-state index in [1.807, 2.05) is 41.8 Å². The maximum Gasteiger partial charge on any atom is 0.177 e. The number of hydrogen-bond donors (Lipinski definition) is 1. The number of nitrogen functional groups attached to an aromatic ring is 1. The Morgan fingerprint density at radius 3 is 2.89 bits per heavy atom. The van der Waals surface area contributed by atoms with Gasteiger partial charge in [-0.25, -0.2) is 0 Å². The molecule has 1 aromatic carbocycles. The Balaban J connectivity index is 2.15. The number of anilines is 1. The molecule has 19 heavy (non-hydrogen) atoms. The zero-order chi connectivity index (χ0) is 13.2. The van der Waals surface area contributed by atoms with Crippen molar-refractivity contribution in [3.63, 3.8) is 0 Å². The van der Waals surface area contributed by atoms with Crippen LogP contribution in [0.5, 0.6) is 5.75 Å². The van der Waals surface area contributed by atoms with Gasteiger partial charge in [0.15, 0.2) is 11.6 Å². The van der Waals surface area contributed by atoms with Gasteiger partial charge in [-0.1, -0.05) is 23.4 Å². The van der Waals surface area contributed by atoms with Gasteiger partial charge in [0, 0.05) is 10.4 Å². The number of nitrogens with zero attached hydrogens (tertiary/aromatic N) is 1. The van der Waals surface area contributed by atoms with Crippen LogP contribution < -0.4 is 10.5 Å². The average Bonchev–Trinajstić information content (AvgIpc) is 3.07. The van der Waals surface area contributed by atoms with Crippen LogP contribution in [0.25, 0.3) is 21.8 Å². The van der Waals surface area contributed by atoms with Gasteiger partial charge in [0.1, 0.15) is 5.75 Å². The van der Waals surface area contributed by atoms with Gasteiger partial charge in [-0.2, -0.15) is 0 Å². The topological polar surface area (TPSA) is 61.3 Å². The second kappa shape index (κ2) is 4.78. The first-order valence-corrected chi connectivity index (χ1v) is 6.61. The van der Waals surface area contributed by atoms with Crippen molar-refractivity contribution in [2.45, 2.75) is 0 Å². The van der Waals surface area contributed by atoms with Crippen LogP contribution >= 0.6 is 11.3 Å². The highest BCUT2D eigenvalue weighted by Gasteiger charge is 2.18. The van der Waals surface area contributed by atoms with E-state index in [4.69, 9.17) is 15.0 Å². The van der Waals surface area contributed by atoms with Crippen molar-refractivity contribution in [1.29, 1.82) is 0 Å². The largest absolute Gasteiger partial charge is 0.497 e. The van der Waals surface area contributed by atoms with Crippen molar-refractivity contribution >= 4 is 17.2 Å². The molecule has 0 aliphatic rings. The second-order valence-corrected chi connectivity index (χ2v) is 4.93. The van der Waals surface area contributed by atoms with E-state index in [2.05, 4.69) is 5.16 Å². The monoisotopic (exact) mass is 272 g/mol. The first kappa shape index (κ1) is 11.8. The molecule has 0 fully saturated rings. The fraction of sp³-hybridized carbons (Fsp3) is 0.0714. The minimum absolute atomic E-state index is 0.403. The summed E-state index contributed by atoms with van der Waals surface area (Å²) in [5, 5.41) is 5.87. The molecule has 0 bridgehead atoms. The fourth-order valence-electron chi connectivity index (χ4n) is 1.92. The number of hydrogen-bond acceptors (Lipinski definition) is 5. The van der Waals surface area contributed by atoms with E-state index in [1.165, 1.54) is 0 Å². The molecule has 0 amide bonds. The van der Waals surface area contributed by atoms with Gasteiger partial charge in [0.05, 0.1) is 12.7 Å². The highest BCUT2D eigenvalue weighted by Crippen LogP contribution is 2.39. The van der Waals surface area contributed by atoms with Crippen LogP contribution in [0, 0.1) is 0 Å². The Kier molecular flexibility index (Phi) is 2.97. The summed E-state index contributed by atoms with van der Waals surface area (Å²) in [5.41, 5.74) is 7.64. The van der Waals surface area contributed by atoms with Crippen LogP contribution in [0.1, 0.15) is 0 Å². The molecule has 2 heterocycles. The molecule has 3 aromatic rings. The van der Waals surface area contributed by atoms with Crippen LogP contribution in [0.2, 0.25) is 0 Å². The number of nitrogens with two attached hydrogens (primary N) is 1. The SMILES string of the molecule is COc1cccc(-c2onc(N)c2-c2cccs2)c1. The average molecular weight is 272 g/mol. The number of aromatic nitrogens is 1. The summed E-state index contributed by atoms with van der Waals surface area (Å²) in [6, 6.07) is 11.6. The molecule has 96 valence electrons. The van der Waals surface area contributed by atoms with Crippen molar-refractivity contribution in [2.75, 3.05) is 12.8 Å². The third-order valence-electron chi connectivity index (χ3n) is 2.82. The number of benzene rings is 1. The maximum atomic E-state index is 5.91. The quantitative estimate of drug-likeness (QED) is 0.790. The fourth-order valence-corrected chi connectivity index (χ4v) is 2.70. The van der Waals surface area contributed by atoms with Gasteiger partial charge in [-0.3, -0.25) is 0 Å². The Hall–Kier alpha value is -2.27. The molecule has 2 aromatic heterocycles. The van der Waals surface area contributed by atoms with E-state index in [-0.39, 0.29) is 0 Å². The van der Waals surface area contributed by atoms with E-state index in [1.54, 1.807) is 18.4 Å². The first-order chi connectivity index (χ1) is 9.29. The molecule has 0 saturated carbocycles. The lowest BCUT2D eigenvalue weighted by atomic mass is 10.1. The molecule has 0 aliphatic heterocycles. The highest BCUT2D eigenvalue weighted by molar-refractivity contribution is 7.13. The normalized spacial score (nSPS) is 10.6. The maximum absolute atomic E-state index is 5.91. The van der Waals surface area contributed by atoms with E-state index in [0.29, 0.717) is 11.6 Å². The number of thiophene rings is 1. The second-order valence-electron chi connectivity index (χ2n) is 3.98. The molecule has 0 saturated heterocycles. The molecule has 0 atom stereocenters. The lowest BCUT2D eigenvalue weighted by molar-refractivity contribution is 0.413. The van der Waals surface area contributed by atoms with Crippen LogP contribution in [-0.2, 0) is 0 Å². The first-order valence-electron chi connectivity index (χ1n) is 5.73. The molecule has 5 heteroatoms. The minimum Gasteiger partial charge on any atom is -0.497 e. The summed E-state index contributed by atoms with van der Waals surface area (Å²) in [5.74, 6) is 1.84. The van der Waals surface area contributed by atoms with Crippen molar-refractivity contribution in [3.05, 3.63) is 41.8 Å². The van der Waals surface area contributed by atoms with Gasteiger partial charge in [-0.15, -0.1) is 11.3 Å². The zero-order valence-corrected chi connectivity index (χ0v) is 11.1. The van der Waals surface area contributed by atoms with Crippen LogP contribution in [0.15, 0.2) is 46.3 Å². The van der Waals surface area contributed by atoms with Gasteiger partial charge >= 0.3 is 0 Å². The zero-order valence-electron chi connectivity index (χ0n) is 10.3. The van der Waals surface area contributed by atoms with Crippen molar-refractivity contribution in [2.24, 2.45) is 0 Å². The minimum atomic E-state index is 0.403. The molecule has 3 rings (SSSR count). The van der Waals surface area contributed by atoms with Gasteiger partial charge in [0.2, 0.25) is 0 Å². The molecular weight excluding hydrogens is 260 g/mol. The van der Waals surface area contributed by atoms with Crippen molar-refractivity contribution < 1.29 is 9.26 Å². The van der Waals surface area contributed by atoms with Crippen molar-refractivity contribution in [1.82, 2.24) is 5.16 Å². The van der Waals surface area contributed by atoms with Crippen LogP contribution in [0.3, 0.4) is 0 Å². The summed E-state index contributed by atoms with van der Waals surface area (Å²) >= 11 is 1.60. The standard InChI is InChI=1S/C14H12N2O2S/c1-17-10-5-2-4-9(8-10)13-12(14(15)16-18-13)11-6-3-7-19-11/h2-8H,1H3,(H2,15,16). The van der Waals surface area contributed by atoms with Gasteiger partial charge in [0.25, 0.3) is 0 Å². The molecule has 0 aliphatic carbocycles. The van der Waals surface area contributed by atoms with Gasteiger partial charge < -0.3 is 15.0 Å². The summed E-state index contributed by atoms with van der Waals surface area (Å²) in [6.45, 7) is 0. The number of rotatable bonds is 3. The van der Waals surface area contributed by atoms with Crippen LogP contribution in [0.4, 0.5) is 5.82 Å². The summed E-state index contributed by atoms with van der Waals surface area (Å²) in [6.07, 6.45) is 0. The van der Waals surface area contributed by atoms with E-state index >= 15 is 0 Å². The summed E-state index contributed by atoms with van der Waals surface area (Å²) < 4.78 is 10.6. The van der Waals surface area contributed by atoms with Gasteiger partial charge in [-0.05, 0) is 23.6 Å². The van der Waals surface area contributed by atoms with Crippen LogP contribution in [-0.4, -0.2) is 12.3 Å². The summed E-state index contributed by atoms with van der Waals surface area (Å²) in [4.78, 5) is 1.04. The molecule has 4 nitrogen and oxygen atoms in total. The van der Waals surface area contributed by atoms with E-state index in [0.717, 1.165) is 21.8 Å². The Bertz CT molecular complexity index is 689. The molecular formula is C14H12N2O2S. The third-order valence-corrected chi connectivity index (χ3v) is 3.71. The lowest BCUT2D eigenvalue weighted by Crippen LogP contribution is -1.87. The van der Waals surface area contributed by atoms with E-state index < -0.39 is 0 Å². The molecule has 0 spiro atoms. The smallest absolute Gasteiger partial charge is 0.177 e. The predicted octanol–water partition coefficient (Wildman–Crippen LogP) is 3.66. The predicted molar refractivity (Wildman–Crippen MR) is 76.2 cm³/mol. The number of methoxy groups -OCH3 is 1. The highest BCUT2D eigenvalue weighted by atomic mass is 32.1. The molecule has 2 N–H and O–H groups in total. The Morgan fingerprint density at radius 1 is 1.26 bits per heavy atom. The van der Waals surface area contributed by atoms with E-state index in [9.17, 15) is 0 Å². The summed E-state index contributed by atoms with van der Waals surface area (Å²) in [7, 11) is 1.63.